The van der Waals surface area contributed by atoms with Gasteiger partial charge >= 0.3 is 0 Å². The van der Waals surface area contributed by atoms with Crippen molar-refractivity contribution in [2.75, 3.05) is 52.4 Å². The number of unbranched alkanes of at least 4 members (excludes halogenated alkanes) is 1. The SMILES string of the molecule is CC(=O)NCCCNCCCCNCCCNCCCN. The van der Waals surface area contributed by atoms with Crippen molar-refractivity contribution >= 4 is 5.91 Å². The van der Waals surface area contributed by atoms with Gasteiger partial charge in [0.15, 0.2) is 0 Å². The van der Waals surface area contributed by atoms with Gasteiger partial charge < -0.3 is 27.0 Å². The predicted octanol–water partition coefficient (Wildman–Crippen LogP) is -0.199. The Kier molecular flexibility index (Phi) is 16.8. The first-order chi connectivity index (χ1) is 10.3. The first-order valence-corrected chi connectivity index (χ1v) is 8.34. The molecule has 0 saturated carbocycles. The molecular formula is C15H35N5O. The molecule has 0 heterocycles. The molecule has 126 valence electrons. The molecular weight excluding hydrogens is 266 g/mol. The number of rotatable bonds is 16. The normalized spacial score (nSPS) is 10.8. The van der Waals surface area contributed by atoms with E-state index in [9.17, 15) is 4.79 Å². The standard InChI is InChI=1S/C15H35N5O/c1-15(21)20-14-6-13-18-9-3-2-8-17-11-5-12-19-10-4-7-16/h17-19H,2-14,16H2,1H3,(H,20,21). The summed E-state index contributed by atoms with van der Waals surface area (Å²) in [5, 5.41) is 13.0. The van der Waals surface area contributed by atoms with Crippen LogP contribution in [0.3, 0.4) is 0 Å². The molecule has 0 radical (unpaired) electrons. The van der Waals surface area contributed by atoms with Crippen molar-refractivity contribution in [3.05, 3.63) is 0 Å². The molecule has 0 aromatic rings. The molecule has 0 unspecified atom stereocenters. The predicted molar refractivity (Wildman–Crippen MR) is 89.4 cm³/mol. The van der Waals surface area contributed by atoms with E-state index in [-0.39, 0.29) is 5.91 Å². The lowest BCUT2D eigenvalue weighted by Crippen LogP contribution is -2.26. The second-order valence-corrected chi connectivity index (χ2v) is 5.29. The summed E-state index contributed by atoms with van der Waals surface area (Å²) in [6.45, 7) is 9.40. The minimum absolute atomic E-state index is 0.0515. The number of hydrogen-bond acceptors (Lipinski definition) is 5. The highest BCUT2D eigenvalue weighted by molar-refractivity contribution is 5.72. The Labute approximate surface area is 130 Å². The zero-order chi connectivity index (χ0) is 15.6. The minimum Gasteiger partial charge on any atom is -0.356 e. The maximum absolute atomic E-state index is 10.6. The molecule has 6 nitrogen and oxygen atoms in total. The third kappa shape index (κ3) is 19.3. The summed E-state index contributed by atoms with van der Waals surface area (Å²) in [6, 6.07) is 0. The Morgan fingerprint density at radius 1 is 0.714 bits per heavy atom. The summed E-state index contributed by atoms with van der Waals surface area (Å²) < 4.78 is 0. The average Bonchev–Trinajstić information content (AvgIpc) is 2.46. The highest BCUT2D eigenvalue weighted by Crippen LogP contribution is 1.85. The summed E-state index contributed by atoms with van der Waals surface area (Å²) in [5.74, 6) is 0.0515. The van der Waals surface area contributed by atoms with E-state index in [2.05, 4.69) is 21.3 Å². The van der Waals surface area contributed by atoms with Crippen molar-refractivity contribution in [3.63, 3.8) is 0 Å². The summed E-state index contributed by atoms with van der Waals surface area (Å²) >= 11 is 0. The van der Waals surface area contributed by atoms with Gasteiger partial charge in [-0.15, -0.1) is 0 Å². The lowest BCUT2D eigenvalue weighted by Gasteiger charge is -2.07. The molecule has 0 aliphatic heterocycles. The van der Waals surface area contributed by atoms with Crippen LogP contribution in [0.4, 0.5) is 0 Å². The zero-order valence-electron chi connectivity index (χ0n) is 13.7. The van der Waals surface area contributed by atoms with Gasteiger partial charge in [0, 0.05) is 13.5 Å². The van der Waals surface area contributed by atoms with Crippen molar-refractivity contribution in [1.29, 1.82) is 0 Å². The van der Waals surface area contributed by atoms with Crippen LogP contribution < -0.4 is 27.0 Å². The van der Waals surface area contributed by atoms with Crippen LogP contribution in [0, 0.1) is 0 Å². The number of amides is 1. The van der Waals surface area contributed by atoms with Crippen LogP contribution in [0.25, 0.3) is 0 Å². The molecule has 0 bridgehead atoms. The van der Waals surface area contributed by atoms with Gasteiger partial charge in [0.25, 0.3) is 0 Å². The Bertz CT molecular complexity index is 226. The van der Waals surface area contributed by atoms with Crippen molar-refractivity contribution in [2.45, 2.75) is 39.0 Å². The number of carbonyl (C=O) groups is 1. The molecule has 0 spiro atoms. The molecule has 21 heavy (non-hydrogen) atoms. The van der Waals surface area contributed by atoms with Crippen LogP contribution in [0.5, 0.6) is 0 Å². The number of nitrogens with one attached hydrogen (secondary N) is 4. The fraction of sp³-hybridized carbons (Fsp3) is 0.933. The number of nitrogens with two attached hydrogens (primary N) is 1. The van der Waals surface area contributed by atoms with Crippen LogP contribution in [0.1, 0.15) is 39.0 Å². The Balaban J connectivity index is 2.95. The zero-order valence-corrected chi connectivity index (χ0v) is 13.7. The lowest BCUT2D eigenvalue weighted by molar-refractivity contribution is -0.118. The summed E-state index contributed by atoms with van der Waals surface area (Å²) in [6.07, 6.45) is 5.63. The third-order valence-corrected chi connectivity index (χ3v) is 3.13. The van der Waals surface area contributed by atoms with Crippen LogP contribution >= 0.6 is 0 Å². The Hall–Kier alpha value is -0.690. The van der Waals surface area contributed by atoms with Crippen molar-refractivity contribution in [1.82, 2.24) is 21.3 Å². The second kappa shape index (κ2) is 17.4. The summed E-state index contributed by atoms with van der Waals surface area (Å²) in [4.78, 5) is 10.6. The molecule has 0 atom stereocenters. The van der Waals surface area contributed by atoms with Gasteiger partial charge in [-0.1, -0.05) is 0 Å². The van der Waals surface area contributed by atoms with E-state index in [0.29, 0.717) is 0 Å². The molecule has 0 aliphatic rings. The largest absolute Gasteiger partial charge is 0.356 e. The van der Waals surface area contributed by atoms with E-state index < -0.39 is 0 Å². The van der Waals surface area contributed by atoms with Gasteiger partial charge in [-0.3, -0.25) is 4.79 Å². The van der Waals surface area contributed by atoms with Gasteiger partial charge in [-0.25, -0.2) is 0 Å². The second-order valence-electron chi connectivity index (χ2n) is 5.29. The van der Waals surface area contributed by atoms with Crippen molar-refractivity contribution in [2.24, 2.45) is 5.73 Å². The van der Waals surface area contributed by atoms with Crippen LogP contribution in [-0.4, -0.2) is 58.3 Å². The molecule has 0 aromatic carbocycles. The van der Waals surface area contributed by atoms with E-state index in [1.165, 1.54) is 19.3 Å². The first-order valence-electron chi connectivity index (χ1n) is 8.34. The molecule has 0 aliphatic carbocycles. The third-order valence-electron chi connectivity index (χ3n) is 3.13. The van der Waals surface area contributed by atoms with E-state index in [0.717, 1.165) is 65.2 Å². The smallest absolute Gasteiger partial charge is 0.216 e. The van der Waals surface area contributed by atoms with Gasteiger partial charge in [-0.05, 0) is 77.9 Å². The number of hydrogen-bond donors (Lipinski definition) is 5. The van der Waals surface area contributed by atoms with Crippen LogP contribution in [0.2, 0.25) is 0 Å². The maximum Gasteiger partial charge on any atom is 0.216 e. The first kappa shape index (κ1) is 20.3. The molecule has 6 heteroatoms. The van der Waals surface area contributed by atoms with Crippen molar-refractivity contribution < 1.29 is 4.79 Å². The molecule has 0 rings (SSSR count). The molecule has 0 saturated heterocycles. The Morgan fingerprint density at radius 2 is 1.14 bits per heavy atom. The highest BCUT2D eigenvalue weighted by atomic mass is 16.1. The fourth-order valence-corrected chi connectivity index (χ4v) is 1.92. The van der Waals surface area contributed by atoms with Crippen LogP contribution in [-0.2, 0) is 4.79 Å². The van der Waals surface area contributed by atoms with Gasteiger partial charge in [0.1, 0.15) is 0 Å². The van der Waals surface area contributed by atoms with Gasteiger partial charge in [0.05, 0.1) is 0 Å². The Morgan fingerprint density at radius 3 is 1.62 bits per heavy atom. The van der Waals surface area contributed by atoms with E-state index in [4.69, 9.17) is 5.73 Å². The topological polar surface area (TPSA) is 91.2 Å². The quantitative estimate of drug-likeness (QED) is 0.255. The van der Waals surface area contributed by atoms with Crippen LogP contribution in [0.15, 0.2) is 0 Å². The molecule has 6 N–H and O–H groups in total. The maximum atomic E-state index is 10.6. The molecule has 0 fully saturated rings. The monoisotopic (exact) mass is 301 g/mol. The van der Waals surface area contributed by atoms with E-state index in [1.807, 2.05) is 0 Å². The summed E-state index contributed by atoms with van der Waals surface area (Å²) in [7, 11) is 0. The fourth-order valence-electron chi connectivity index (χ4n) is 1.92. The van der Waals surface area contributed by atoms with E-state index in [1.54, 1.807) is 6.92 Å². The van der Waals surface area contributed by atoms with Crippen molar-refractivity contribution in [3.8, 4) is 0 Å². The van der Waals surface area contributed by atoms with Gasteiger partial charge in [0.2, 0.25) is 5.91 Å². The molecule has 1 amide bonds. The van der Waals surface area contributed by atoms with Gasteiger partial charge in [-0.2, -0.15) is 0 Å². The average molecular weight is 301 g/mol. The lowest BCUT2D eigenvalue weighted by atomic mass is 10.3. The number of carbonyl (C=O) groups excluding carboxylic acids is 1. The summed E-state index contributed by atoms with van der Waals surface area (Å²) in [5.41, 5.74) is 5.42. The highest BCUT2D eigenvalue weighted by Gasteiger charge is 1.93. The van der Waals surface area contributed by atoms with E-state index >= 15 is 0 Å². The minimum atomic E-state index is 0.0515. The molecule has 0 aromatic heterocycles.